The van der Waals surface area contributed by atoms with Crippen molar-refractivity contribution in [2.75, 3.05) is 6.61 Å². The van der Waals surface area contributed by atoms with Crippen molar-refractivity contribution in [3.63, 3.8) is 0 Å². The van der Waals surface area contributed by atoms with Gasteiger partial charge >= 0.3 is 0 Å². The predicted octanol–water partition coefficient (Wildman–Crippen LogP) is 5.15. The lowest BCUT2D eigenvalue weighted by Gasteiger charge is -2.09. The molecule has 0 amide bonds. The van der Waals surface area contributed by atoms with E-state index in [9.17, 15) is 5.11 Å². The molecule has 0 spiro atoms. The van der Waals surface area contributed by atoms with Gasteiger partial charge in [0.2, 0.25) is 0 Å². The average molecular weight is 365 g/mol. The molecule has 1 aliphatic carbocycles. The van der Waals surface area contributed by atoms with Crippen LogP contribution in [-0.4, -0.2) is 21.9 Å². The highest BCUT2D eigenvalue weighted by atomic mass is 35.5. The maximum Gasteiger partial charge on any atom is 0.258 e. The number of aliphatic hydroxyl groups is 1. The van der Waals surface area contributed by atoms with Crippen LogP contribution in [0.15, 0.2) is 70.8 Å². The normalized spacial score (nSPS) is 14.1. The molecule has 3 aromatic rings. The molecular weight excluding hydrogens is 348 g/mol. The van der Waals surface area contributed by atoms with Crippen molar-refractivity contribution in [3.8, 4) is 22.6 Å². The lowest BCUT2D eigenvalue weighted by Crippen LogP contribution is -1.98. The van der Waals surface area contributed by atoms with Crippen LogP contribution in [0.25, 0.3) is 28.2 Å². The Morgan fingerprint density at radius 2 is 1.85 bits per heavy atom. The molecule has 4 rings (SSSR count). The first-order valence-electron chi connectivity index (χ1n) is 8.43. The molecule has 4 nitrogen and oxygen atoms in total. The van der Waals surface area contributed by atoms with E-state index in [1.54, 1.807) is 0 Å². The van der Waals surface area contributed by atoms with E-state index in [-0.39, 0.29) is 6.61 Å². The summed E-state index contributed by atoms with van der Waals surface area (Å²) >= 11 is 6.47. The van der Waals surface area contributed by atoms with Gasteiger partial charge in [-0.1, -0.05) is 65.3 Å². The van der Waals surface area contributed by atoms with Crippen molar-refractivity contribution >= 4 is 17.2 Å². The van der Waals surface area contributed by atoms with Crippen LogP contribution in [0.2, 0.25) is 5.02 Å². The first-order chi connectivity index (χ1) is 12.7. The second-order valence-electron chi connectivity index (χ2n) is 6.16. The van der Waals surface area contributed by atoms with Gasteiger partial charge in [-0.05, 0) is 36.1 Å². The number of nitrogens with zero attached hydrogens (tertiary/aromatic N) is 2. The summed E-state index contributed by atoms with van der Waals surface area (Å²) in [5, 5.41) is 13.9. The number of hydrogen-bond acceptors (Lipinski definition) is 4. The number of hydrogen-bond donors (Lipinski definition) is 1. The topological polar surface area (TPSA) is 59.2 Å². The first kappa shape index (κ1) is 16.8. The molecule has 0 fully saturated rings. The number of allylic oxidation sites excluding steroid dienone is 3. The molecule has 0 unspecified atom stereocenters. The van der Waals surface area contributed by atoms with Gasteiger partial charge in [-0.2, -0.15) is 4.98 Å². The quantitative estimate of drug-likeness (QED) is 0.695. The Labute approximate surface area is 156 Å². The summed E-state index contributed by atoms with van der Waals surface area (Å²) in [5.41, 5.74) is 4.84. The fourth-order valence-electron chi connectivity index (χ4n) is 2.97. The minimum Gasteiger partial charge on any atom is -0.392 e. The van der Waals surface area contributed by atoms with Crippen molar-refractivity contribution in [1.29, 1.82) is 0 Å². The van der Waals surface area contributed by atoms with E-state index < -0.39 is 0 Å². The Bertz CT molecular complexity index is 990. The number of rotatable bonds is 4. The van der Waals surface area contributed by atoms with Crippen LogP contribution in [0.3, 0.4) is 0 Å². The van der Waals surface area contributed by atoms with E-state index in [1.165, 1.54) is 0 Å². The molecular formula is C21H17ClN2O2. The van der Waals surface area contributed by atoms with E-state index in [1.807, 2.05) is 60.7 Å². The van der Waals surface area contributed by atoms with E-state index in [2.05, 4.69) is 10.1 Å². The zero-order valence-electron chi connectivity index (χ0n) is 14.0. The summed E-state index contributed by atoms with van der Waals surface area (Å²) in [6.45, 7) is 0.0908. The number of halogens is 1. The van der Waals surface area contributed by atoms with Crippen molar-refractivity contribution < 1.29 is 9.63 Å². The van der Waals surface area contributed by atoms with E-state index in [4.69, 9.17) is 16.1 Å². The third kappa shape index (κ3) is 3.34. The van der Waals surface area contributed by atoms with Crippen LogP contribution in [0, 0.1) is 0 Å². The third-order valence-electron chi connectivity index (χ3n) is 4.45. The smallest absolute Gasteiger partial charge is 0.258 e. The Morgan fingerprint density at radius 1 is 1.00 bits per heavy atom. The Hall–Kier alpha value is -2.69. The molecule has 0 aliphatic heterocycles. The molecule has 2 aromatic carbocycles. The molecule has 0 saturated heterocycles. The largest absolute Gasteiger partial charge is 0.392 e. The predicted molar refractivity (Wildman–Crippen MR) is 103 cm³/mol. The van der Waals surface area contributed by atoms with Gasteiger partial charge in [-0.3, -0.25) is 0 Å². The zero-order valence-corrected chi connectivity index (χ0v) is 14.8. The van der Waals surface area contributed by atoms with Crippen molar-refractivity contribution in [3.05, 3.63) is 77.1 Å². The SMILES string of the molecule is OCC1=CC=C(c2noc(-c3ccc(-c4ccccc4)c(Cl)c3)n2)CC1. The molecule has 5 heteroatoms. The van der Waals surface area contributed by atoms with Gasteiger partial charge in [0, 0.05) is 21.7 Å². The molecule has 1 aromatic heterocycles. The van der Waals surface area contributed by atoms with E-state index >= 15 is 0 Å². The molecule has 0 atom stereocenters. The van der Waals surface area contributed by atoms with Gasteiger partial charge < -0.3 is 9.63 Å². The minimum absolute atomic E-state index is 0.0908. The van der Waals surface area contributed by atoms with Gasteiger partial charge in [0.25, 0.3) is 5.89 Å². The standard InChI is InChI=1S/C21H17ClN2O2/c22-19-12-17(10-11-18(19)15-4-2-1-3-5-15)21-23-20(24-26-21)16-8-6-14(13-25)7-9-16/h1-6,8,10-12,25H,7,9,13H2. The van der Waals surface area contributed by atoms with Crippen molar-refractivity contribution in [2.24, 2.45) is 0 Å². The highest BCUT2D eigenvalue weighted by Gasteiger charge is 2.16. The molecule has 26 heavy (non-hydrogen) atoms. The molecule has 0 saturated carbocycles. The van der Waals surface area contributed by atoms with Crippen LogP contribution in [0.4, 0.5) is 0 Å². The van der Waals surface area contributed by atoms with Gasteiger partial charge in [0.15, 0.2) is 5.82 Å². The molecule has 0 radical (unpaired) electrons. The van der Waals surface area contributed by atoms with Crippen LogP contribution in [0.1, 0.15) is 18.7 Å². The first-order valence-corrected chi connectivity index (χ1v) is 8.81. The van der Waals surface area contributed by atoms with E-state index in [0.29, 0.717) is 16.7 Å². The van der Waals surface area contributed by atoms with Gasteiger partial charge in [-0.25, -0.2) is 0 Å². The fourth-order valence-corrected chi connectivity index (χ4v) is 3.26. The lowest BCUT2D eigenvalue weighted by molar-refractivity contribution is 0.326. The maximum atomic E-state index is 9.17. The Kier molecular flexibility index (Phi) is 4.69. The maximum absolute atomic E-state index is 9.17. The second kappa shape index (κ2) is 7.28. The summed E-state index contributed by atoms with van der Waals surface area (Å²) in [6.07, 6.45) is 5.46. The van der Waals surface area contributed by atoms with Crippen molar-refractivity contribution in [1.82, 2.24) is 10.1 Å². The molecule has 1 heterocycles. The van der Waals surface area contributed by atoms with E-state index in [0.717, 1.165) is 40.7 Å². The summed E-state index contributed by atoms with van der Waals surface area (Å²) < 4.78 is 5.43. The summed E-state index contributed by atoms with van der Waals surface area (Å²) in [7, 11) is 0. The zero-order chi connectivity index (χ0) is 17.9. The number of benzene rings is 2. The van der Waals surface area contributed by atoms with Crippen LogP contribution in [-0.2, 0) is 0 Å². The number of aromatic nitrogens is 2. The lowest BCUT2D eigenvalue weighted by atomic mass is 9.98. The molecule has 1 N–H and O–H groups in total. The fraction of sp³-hybridized carbons (Fsp3) is 0.143. The highest BCUT2D eigenvalue weighted by Crippen LogP contribution is 2.32. The van der Waals surface area contributed by atoms with Gasteiger partial charge in [-0.15, -0.1) is 0 Å². The highest BCUT2D eigenvalue weighted by molar-refractivity contribution is 6.33. The summed E-state index contributed by atoms with van der Waals surface area (Å²) in [5.74, 6) is 1.02. The van der Waals surface area contributed by atoms with Crippen molar-refractivity contribution in [2.45, 2.75) is 12.8 Å². The summed E-state index contributed by atoms with van der Waals surface area (Å²) in [6, 6.07) is 15.7. The Balaban J connectivity index is 1.61. The monoisotopic (exact) mass is 364 g/mol. The average Bonchev–Trinajstić information content (AvgIpc) is 3.19. The van der Waals surface area contributed by atoms with Crippen LogP contribution in [0.5, 0.6) is 0 Å². The molecule has 1 aliphatic rings. The third-order valence-corrected chi connectivity index (χ3v) is 4.77. The van der Waals surface area contributed by atoms with Gasteiger partial charge in [0.1, 0.15) is 0 Å². The molecule has 0 bridgehead atoms. The van der Waals surface area contributed by atoms with Gasteiger partial charge in [0.05, 0.1) is 6.61 Å². The Morgan fingerprint density at radius 3 is 2.54 bits per heavy atom. The van der Waals surface area contributed by atoms with Crippen LogP contribution < -0.4 is 0 Å². The minimum atomic E-state index is 0.0908. The number of aliphatic hydroxyl groups excluding tert-OH is 1. The van der Waals surface area contributed by atoms with Crippen LogP contribution >= 0.6 is 11.6 Å². The molecule has 130 valence electrons. The summed E-state index contributed by atoms with van der Waals surface area (Å²) in [4.78, 5) is 4.50. The second-order valence-corrected chi connectivity index (χ2v) is 6.57.